The quantitative estimate of drug-likeness (QED) is 0.775. The Morgan fingerprint density at radius 3 is 2.54 bits per heavy atom. The minimum Gasteiger partial charge on any atom is -0.350 e. The molecule has 0 aliphatic rings. The number of aryl methyl sites for hydroxylation is 1. The van der Waals surface area contributed by atoms with E-state index in [9.17, 15) is 4.79 Å². The van der Waals surface area contributed by atoms with Crippen molar-refractivity contribution in [1.29, 1.82) is 0 Å². The fourth-order valence-corrected chi connectivity index (χ4v) is 2.95. The standard InChI is InChI=1S/C20H23N3O/c1-14(2)19(23-13-22-17-6-4-5-7-18(17)23)20(24)21-12-16-10-8-15(3)9-11-16/h4-11,13-14,19H,12H2,1-3H3,(H,21,24)/t19-/m0/s1. The molecule has 3 rings (SSSR count). The highest BCUT2D eigenvalue weighted by Crippen LogP contribution is 2.23. The molecule has 24 heavy (non-hydrogen) atoms. The molecule has 0 saturated heterocycles. The van der Waals surface area contributed by atoms with Crippen LogP contribution in [-0.2, 0) is 11.3 Å². The van der Waals surface area contributed by atoms with Crippen LogP contribution in [0.4, 0.5) is 0 Å². The predicted molar refractivity (Wildman–Crippen MR) is 96.6 cm³/mol. The number of fused-ring (bicyclic) bond motifs is 1. The van der Waals surface area contributed by atoms with E-state index in [0.717, 1.165) is 16.6 Å². The van der Waals surface area contributed by atoms with E-state index in [2.05, 4.69) is 43.2 Å². The van der Waals surface area contributed by atoms with E-state index in [-0.39, 0.29) is 17.9 Å². The molecule has 4 heteroatoms. The van der Waals surface area contributed by atoms with Gasteiger partial charge in [-0.05, 0) is 30.5 Å². The lowest BCUT2D eigenvalue weighted by molar-refractivity contribution is -0.125. The fraction of sp³-hybridized carbons (Fsp3) is 0.300. The van der Waals surface area contributed by atoms with Crippen LogP contribution in [0.25, 0.3) is 11.0 Å². The molecule has 0 bridgehead atoms. The number of para-hydroxylation sites is 2. The average molecular weight is 321 g/mol. The first-order chi connectivity index (χ1) is 11.6. The molecule has 1 N–H and O–H groups in total. The largest absolute Gasteiger partial charge is 0.350 e. The van der Waals surface area contributed by atoms with Gasteiger partial charge in [0.05, 0.1) is 17.4 Å². The number of amides is 1. The maximum Gasteiger partial charge on any atom is 0.243 e. The Kier molecular flexibility index (Phi) is 4.65. The Morgan fingerprint density at radius 2 is 1.83 bits per heavy atom. The highest BCUT2D eigenvalue weighted by molar-refractivity contribution is 5.84. The first-order valence-electron chi connectivity index (χ1n) is 8.31. The van der Waals surface area contributed by atoms with Crippen molar-refractivity contribution in [2.45, 2.75) is 33.4 Å². The molecule has 0 aliphatic heterocycles. The number of rotatable bonds is 5. The van der Waals surface area contributed by atoms with Crippen molar-refractivity contribution >= 4 is 16.9 Å². The first-order valence-corrected chi connectivity index (χ1v) is 8.31. The molecule has 1 amide bonds. The van der Waals surface area contributed by atoms with Gasteiger partial charge in [-0.3, -0.25) is 4.79 Å². The minimum absolute atomic E-state index is 0.0220. The van der Waals surface area contributed by atoms with E-state index >= 15 is 0 Å². The van der Waals surface area contributed by atoms with Gasteiger partial charge in [-0.1, -0.05) is 55.8 Å². The zero-order valence-corrected chi connectivity index (χ0v) is 14.4. The molecule has 0 spiro atoms. The van der Waals surface area contributed by atoms with Crippen LogP contribution >= 0.6 is 0 Å². The molecule has 0 saturated carbocycles. The summed E-state index contributed by atoms with van der Waals surface area (Å²) in [5.41, 5.74) is 4.22. The predicted octanol–water partition coefficient (Wildman–Crippen LogP) is 3.86. The van der Waals surface area contributed by atoms with Crippen LogP contribution < -0.4 is 5.32 Å². The Morgan fingerprint density at radius 1 is 1.12 bits per heavy atom. The van der Waals surface area contributed by atoms with Gasteiger partial charge in [-0.15, -0.1) is 0 Å². The molecule has 0 fully saturated rings. The molecular formula is C20H23N3O. The van der Waals surface area contributed by atoms with Crippen LogP contribution in [0.3, 0.4) is 0 Å². The second-order valence-corrected chi connectivity index (χ2v) is 6.53. The normalized spacial score (nSPS) is 12.5. The summed E-state index contributed by atoms with van der Waals surface area (Å²) in [7, 11) is 0. The molecule has 3 aromatic rings. The van der Waals surface area contributed by atoms with Gasteiger partial charge in [0.2, 0.25) is 5.91 Å². The highest BCUT2D eigenvalue weighted by atomic mass is 16.2. The summed E-state index contributed by atoms with van der Waals surface area (Å²) in [5, 5.41) is 3.07. The van der Waals surface area contributed by atoms with E-state index in [0.29, 0.717) is 6.54 Å². The first kappa shape index (κ1) is 16.2. The average Bonchev–Trinajstić information content (AvgIpc) is 2.98. The third-order valence-electron chi connectivity index (χ3n) is 4.27. The summed E-state index contributed by atoms with van der Waals surface area (Å²) in [5.74, 6) is 0.189. The van der Waals surface area contributed by atoms with Gasteiger partial charge in [0.15, 0.2) is 0 Å². The van der Waals surface area contributed by atoms with Crippen molar-refractivity contribution in [3.8, 4) is 0 Å². The van der Waals surface area contributed by atoms with E-state index in [4.69, 9.17) is 0 Å². The topological polar surface area (TPSA) is 46.9 Å². The van der Waals surface area contributed by atoms with Crippen molar-refractivity contribution in [1.82, 2.24) is 14.9 Å². The van der Waals surface area contributed by atoms with Gasteiger partial charge in [0.1, 0.15) is 6.04 Å². The summed E-state index contributed by atoms with van der Waals surface area (Å²) in [4.78, 5) is 17.2. The molecule has 2 aromatic carbocycles. The lowest BCUT2D eigenvalue weighted by atomic mass is 10.0. The van der Waals surface area contributed by atoms with Gasteiger partial charge in [-0.25, -0.2) is 4.98 Å². The second-order valence-electron chi connectivity index (χ2n) is 6.53. The van der Waals surface area contributed by atoms with E-state index in [1.54, 1.807) is 6.33 Å². The van der Waals surface area contributed by atoms with E-state index in [1.807, 2.05) is 41.0 Å². The third-order valence-corrected chi connectivity index (χ3v) is 4.27. The van der Waals surface area contributed by atoms with Crippen LogP contribution in [0.15, 0.2) is 54.9 Å². The molecule has 4 nitrogen and oxygen atoms in total. The maximum atomic E-state index is 12.8. The lowest BCUT2D eigenvalue weighted by Crippen LogP contribution is -2.34. The molecule has 1 heterocycles. The summed E-state index contributed by atoms with van der Waals surface area (Å²) in [6.45, 7) is 6.71. The molecule has 1 aromatic heterocycles. The molecular weight excluding hydrogens is 298 g/mol. The minimum atomic E-state index is -0.275. The molecule has 124 valence electrons. The summed E-state index contributed by atoms with van der Waals surface area (Å²) in [6.07, 6.45) is 1.76. The molecule has 0 unspecified atom stereocenters. The number of benzene rings is 2. The Labute approximate surface area is 142 Å². The third kappa shape index (κ3) is 3.32. The van der Waals surface area contributed by atoms with Crippen molar-refractivity contribution in [2.24, 2.45) is 5.92 Å². The van der Waals surface area contributed by atoms with Crippen molar-refractivity contribution in [3.05, 3.63) is 66.0 Å². The van der Waals surface area contributed by atoms with Gasteiger partial charge in [0, 0.05) is 6.54 Å². The summed E-state index contributed by atoms with van der Waals surface area (Å²) >= 11 is 0. The van der Waals surface area contributed by atoms with Crippen molar-refractivity contribution < 1.29 is 4.79 Å². The van der Waals surface area contributed by atoms with Crippen molar-refractivity contribution in [3.63, 3.8) is 0 Å². The van der Waals surface area contributed by atoms with E-state index in [1.165, 1.54) is 5.56 Å². The zero-order valence-electron chi connectivity index (χ0n) is 14.4. The lowest BCUT2D eigenvalue weighted by Gasteiger charge is -2.22. The fourth-order valence-electron chi connectivity index (χ4n) is 2.95. The van der Waals surface area contributed by atoms with Gasteiger partial charge in [0.25, 0.3) is 0 Å². The summed E-state index contributed by atoms with van der Waals surface area (Å²) < 4.78 is 1.98. The van der Waals surface area contributed by atoms with Gasteiger partial charge >= 0.3 is 0 Å². The van der Waals surface area contributed by atoms with Gasteiger partial charge < -0.3 is 9.88 Å². The smallest absolute Gasteiger partial charge is 0.243 e. The number of hydrogen-bond acceptors (Lipinski definition) is 2. The Balaban J connectivity index is 1.80. The number of carbonyl (C=O) groups excluding carboxylic acids is 1. The molecule has 0 radical (unpaired) electrons. The molecule has 1 atom stereocenters. The number of hydrogen-bond donors (Lipinski definition) is 1. The van der Waals surface area contributed by atoms with Crippen LogP contribution in [0.5, 0.6) is 0 Å². The van der Waals surface area contributed by atoms with Crippen molar-refractivity contribution in [2.75, 3.05) is 0 Å². The molecule has 0 aliphatic carbocycles. The number of nitrogens with one attached hydrogen (secondary N) is 1. The maximum absolute atomic E-state index is 12.8. The number of carbonyl (C=O) groups is 1. The van der Waals surface area contributed by atoms with Crippen LogP contribution in [-0.4, -0.2) is 15.5 Å². The Bertz CT molecular complexity index is 833. The summed E-state index contributed by atoms with van der Waals surface area (Å²) in [6, 6.07) is 15.8. The van der Waals surface area contributed by atoms with Crippen LogP contribution in [0, 0.1) is 12.8 Å². The number of aromatic nitrogens is 2. The number of nitrogens with zero attached hydrogens (tertiary/aromatic N) is 2. The SMILES string of the molecule is Cc1ccc(CNC(=O)[C@H](C(C)C)n2cnc3ccccc32)cc1. The second kappa shape index (κ2) is 6.87. The van der Waals surface area contributed by atoms with Crippen LogP contribution in [0.2, 0.25) is 0 Å². The van der Waals surface area contributed by atoms with Gasteiger partial charge in [-0.2, -0.15) is 0 Å². The monoisotopic (exact) mass is 321 g/mol. The highest BCUT2D eigenvalue weighted by Gasteiger charge is 2.25. The van der Waals surface area contributed by atoms with Crippen LogP contribution in [0.1, 0.15) is 31.0 Å². The zero-order chi connectivity index (χ0) is 17.1. The van der Waals surface area contributed by atoms with E-state index < -0.39 is 0 Å². The Hall–Kier alpha value is -2.62. The number of imidazole rings is 1.